The normalized spacial score (nSPS) is 16.4. The Morgan fingerprint density at radius 2 is 2.22 bits per heavy atom. The molecular formula is C13H21N3O2. The Kier molecular flexibility index (Phi) is 6.23. The summed E-state index contributed by atoms with van der Waals surface area (Å²) in [5.74, 6) is -0.305. The molecule has 5 nitrogen and oxygen atoms in total. The molecule has 1 amide bonds. The van der Waals surface area contributed by atoms with Crippen molar-refractivity contribution in [3.63, 3.8) is 0 Å². The van der Waals surface area contributed by atoms with E-state index in [1.807, 2.05) is 13.0 Å². The highest BCUT2D eigenvalue weighted by Gasteiger charge is 2.19. The average molecular weight is 251 g/mol. The van der Waals surface area contributed by atoms with E-state index in [9.17, 15) is 4.79 Å². The van der Waals surface area contributed by atoms with E-state index in [1.54, 1.807) is 4.90 Å². The van der Waals surface area contributed by atoms with Crippen LogP contribution in [0.3, 0.4) is 0 Å². The summed E-state index contributed by atoms with van der Waals surface area (Å²) >= 11 is 0. The van der Waals surface area contributed by atoms with E-state index in [1.165, 1.54) is 6.20 Å². The number of aliphatic hydroxyl groups excluding tert-OH is 1. The Labute approximate surface area is 108 Å². The van der Waals surface area contributed by atoms with Crippen molar-refractivity contribution < 1.29 is 9.90 Å². The van der Waals surface area contributed by atoms with Gasteiger partial charge >= 0.3 is 0 Å². The molecule has 0 aliphatic heterocycles. The number of rotatable bonds is 6. The highest BCUT2D eigenvalue weighted by molar-refractivity contribution is 5.97. The molecule has 0 aromatic carbocycles. The molecule has 0 bridgehead atoms. The number of hydrogen-bond acceptors (Lipinski definition) is 4. The number of hydrogen-bond donors (Lipinski definition) is 2. The van der Waals surface area contributed by atoms with Gasteiger partial charge in [0.1, 0.15) is 11.6 Å². The Morgan fingerprint density at radius 3 is 2.72 bits per heavy atom. The Morgan fingerprint density at radius 1 is 1.56 bits per heavy atom. The number of carbonyl (C=O) groups excluding carboxylic acids is 1. The maximum absolute atomic E-state index is 11.9. The standard InChI is InChI=1S/C13H21N3O2/c1-2-16(7-8-17)10-11(9-14)13(18)15-12-5-3-4-6-12/h10,12,17H,2-8H2,1H3,(H,15,18)/b11-10-. The van der Waals surface area contributed by atoms with Gasteiger partial charge in [0.2, 0.25) is 0 Å². The zero-order valence-corrected chi connectivity index (χ0v) is 10.9. The van der Waals surface area contributed by atoms with Gasteiger partial charge in [-0.1, -0.05) is 12.8 Å². The summed E-state index contributed by atoms with van der Waals surface area (Å²) in [6.45, 7) is 3.00. The molecule has 0 atom stereocenters. The molecule has 1 aliphatic carbocycles. The van der Waals surface area contributed by atoms with Gasteiger partial charge in [0.15, 0.2) is 0 Å². The van der Waals surface area contributed by atoms with Crippen LogP contribution >= 0.6 is 0 Å². The maximum Gasteiger partial charge on any atom is 0.263 e. The van der Waals surface area contributed by atoms with Crippen LogP contribution in [0.5, 0.6) is 0 Å². The first-order valence-electron chi connectivity index (χ1n) is 6.49. The Balaban J connectivity index is 2.60. The van der Waals surface area contributed by atoms with Gasteiger partial charge < -0.3 is 15.3 Å². The van der Waals surface area contributed by atoms with Crippen molar-refractivity contribution in [3.8, 4) is 6.07 Å². The van der Waals surface area contributed by atoms with Gasteiger partial charge in [-0.15, -0.1) is 0 Å². The lowest BCUT2D eigenvalue weighted by Crippen LogP contribution is -2.34. The third kappa shape index (κ3) is 4.38. The molecule has 2 N–H and O–H groups in total. The van der Waals surface area contributed by atoms with Crippen molar-refractivity contribution >= 4 is 5.91 Å². The molecule has 0 radical (unpaired) electrons. The van der Waals surface area contributed by atoms with Gasteiger partial charge in [0, 0.05) is 25.3 Å². The molecule has 0 saturated heterocycles. The predicted octanol–water partition coefficient (Wildman–Crippen LogP) is 0.767. The minimum atomic E-state index is -0.305. The Hall–Kier alpha value is -1.54. The lowest BCUT2D eigenvalue weighted by molar-refractivity contribution is -0.117. The maximum atomic E-state index is 11.9. The van der Waals surface area contributed by atoms with Crippen LogP contribution in [-0.4, -0.2) is 41.7 Å². The summed E-state index contributed by atoms with van der Waals surface area (Å²) in [4.78, 5) is 13.7. The molecule has 0 unspecified atom stereocenters. The minimum absolute atomic E-state index is 0.00723. The molecular weight excluding hydrogens is 230 g/mol. The number of nitrogens with zero attached hydrogens (tertiary/aromatic N) is 2. The van der Waals surface area contributed by atoms with Gasteiger partial charge in [-0.25, -0.2) is 0 Å². The second-order valence-electron chi connectivity index (χ2n) is 4.46. The van der Waals surface area contributed by atoms with E-state index in [4.69, 9.17) is 10.4 Å². The zero-order chi connectivity index (χ0) is 13.4. The largest absolute Gasteiger partial charge is 0.395 e. The summed E-state index contributed by atoms with van der Waals surface area (Å²) in [6.07, 6.45) is 5.81. The van der Waals surface area contributed by atoms with Crippen LogP contribution in [0.2, 0.25) is 0 Å². The van der Waals surface area contributed by atoms with Crippen LogP contribution in [0.15, 0.2) is 11.8 Å². The molecule has 1 fully saturated rings. The number of nitrogens with one attached hydrogen (secondary N) is 1. The zero-order valence-electron chi connectivity index (χ0n) is 10.9. The quantitative estimate of drug-likeness (QED) is 0.540. The van der Waals surface area contributed by atoms with Gasteiger partial charge in [-0.05, 0) is 19.8 Å². The van der Waals surface area contributed by atoms with E-state index in [-0.39, 0.29) is 24.1 Å². The second kappa shape index (κ2) is 7.72. The summed E-state index contributed by atoms with van der Waals surface area (Å²) in [7, 11) is 0. The summed E-state index contributed by atoms with van der Waals surface area (Å²) in [5.41, 5.74) is 0.109. The van der Waals surface area contributed by atoms with Crippen LogP contribution < -0.4 is 5.32 Å². The van der Waals surface area contributed by atoms with Crippen LogP contribution in [0.25, 0.3) is 0 Å². The van der Waals surface area contributed by atoms with E-state index >= 15 is 0 Å². The fourth-order valence-corrected chi connectivity index (χ4v) is 2.10. The molecule has 0 heterocycles. The summed E-state index contributed by atoms with van der Waals surface area (Å²) in [5, 5.41) is 20.8. The van der Waals surface area contributed by atoms with Gasteiger partial charge in [-0.3, -0.25) is 4.79 Å². The van der Waals surface area contributed by atoms with Crippen LogP contribution in [0.1, 0.15) is 32.6 Å². The fourth-order valence-electron chi connectivity index (χ4n) is 2.10. The lowest BCUT2D eigenvalue weighted by atomic mass is 10.2. The average Bonchev–Trinajstić information content (AvgIpc) is 2.87. The molecule has 100 valence electrons. The minimum Gasteiger partial charge on any atom is -0.395 e. The van der Waals surface area contributed by atoms with E-state index in [2.05, 4.69) is 5.32 Å². The molecule has 0 aromatic rings. The number of carbonyl (C=O) groups is 1. The van der Waals surface area contributed by atoms with Crippen molar-refractivity contribution in [3.05, 3.63) is 11.8 Å². The first kappa shape index (κ1) is 14.5. The van der Waals surface area contributed by atoms with Crippen LogP contribution in [0.4, 0.5) is 0 Å². The first-order chi connectivity index (χ1) is 8.71. The third-order valence-corrected chi connectivity index (χ3v) is 3.16. The van der Waals surface area contributed by atoms with Crippen LogP contribution in [0, 0.1) is 11.3 Å². The molecule has 0 aromatic heterocycles. The summed E-state index contributed by atoms with van der Waals surface area (Å²) in [6, 6.07) is 2.14. The van der Waals surface area contributed by atoms with E-state index < -0.39 is 0 Å². The van der Waals surface area contributed by atoms with Crippen LogP contribution in [-0.2, 0) is 4.79 Å². The van der Waals surface area contributed by atoms with E-state index in [0.29, 0.717) is 13.1 Å². The monoisotopic (exact) mass is 251 g/mol. The van der Waals surface area contributed by atoms with Crippen molar-refractivity contribution in [2.24, 2.45) is 0 Å². The molecule has 0 spiro atoms. The number of aliphatic hydroxyl groups is 1. The number of nitriles is 1. The third-order valence-electron chi connectivity index (χ3n) is 3.16. The SMILES string of the molecule is CCN(/C=C(/C#N)C(=O)NC1CCCC1)CCO. The van der Waals surface area contributed by atoms with Crippen molar-refractivity contribution in [2.45, 2.75) is 38.6 Å². The van der Waals surface area contributed by atoms with E-state index in [0.717, 1.165) is 25.7 Å². The molecule has 18 heavy (non-hydrogen) atoms. The van der Waals surface area contributed by atoms with Gasteiger partial charge in [0.25, 0.3) is 5.91 Å². The Bertz CT molecular complexity index is 341. The fraction of sp³-hybridized carbons (Fsp3) is 0.692. The van der Waals surface area contributed by atoms with Gasteiger partial charge in [-0.2, -0.15) is 5.26 Å². The first-order valence-corrected chi connectivity index (χ1v) is 6.49. The smallest absolute Gasteiger partial charge is 0.263 e. The number of likely N-dealkylation sites (N-methyl/N-ethyl adjacent to an activating group) is 1. The van der Waals surface area contributed by atoms with Crippen molar-refractivity contribution in [1.29, 1.82) is 5.26 Å². The summed E-state index contributed by atoms with van der Waals surface area (Å²) < 4.78 is 0. The molecule has 1 rings (SSSR count). The van der Waals surface area contributed by atoms with Crippen molar-refractivity contribution in [2.75, 3.05) is 19.7 Å². The molecule has 1 aliphatic rings. The number of amides is 1. The predicted molar refractivity (Wildman–Crippen MR) is 68.4 cm³/mol. The highest BCUT2D eigenvalue weighted by Crippen LogP contribution is 2.17. The van der Waals surface area contributed by atoms with Crippen molar-refractivity contribution in [1.82, 2.24) is 10.2 Å². The topological polar surface area (TPSA) is 76.4 Å². The second-order valence-corrected chi connectivity index (χ2v) is 4.46. The lowest BCUT2D eigenvalue weighted by Gasteiger charge is -2.17. The van der Waals surface area contributed by atoms with Gasteiger partial charge in [0.05, 0.1) is 6.61 Å². The molecule has 1 saturated carbocycles. The molecule has 5 heteroatoms. The highest BCUT2D eigenvalue weighted by atomic mass is 16.3.